The topological polar surface area (TPSA) is 32.3 Å². The highest BCUT2D eigenvalue weighted by molar-refractivity contribution is 5.34. The second-order valence-corrected chi connectivity index (χ2v) is 4.59. The van der Waals surface area contributed by atoms with Gasteiger partial charge in [0.1, 0.15) is 11.6 Å². The molecule has 0 saturated carbocycles. The van der Waals surface area contributed by atoms with E-state index in [1.807, 2.05) is 0 Å². The fraction of sp³-hybridized carbons (Fsp3) is 0.538. The Hall–Kier alpha value is -1.09. The van der Waals surface area contributed by atoms with E-state index in [-0.39, 0.29) is 11.6 Å². The van der Waals surface area contributed by atoms with Crippen molar-refractivity contribution < 1.29 is 9.50 Å². The Balaban J connectivity index is 2.13. The van der Waals surface area contributed by atoms with Crippen molar-refractivity contribution in [2.45, 2.75) is 38.6 Å². The average molecular weight is 223 g/mol. The predicted molar refractivity (Wildman–Crippen MR) is 62.1 cm³/mol. The zero-order valence-corrected chi connectivity index (χ0v) is 9.59. The summed E-state index contributed by atoms with van der Waals surface area (Å²) in [5, 5.41) is 12.8. The highest BCUT2D eigenvalue weighted by Gasteiger charge is 2.16. The molecule has 1 unspecified atom stereocenters. The monoisotopic (exact) mass is 223 g/mol. The normalized spacial score (nSPS) is 21.0. The molecule has 1 aromatic rings. The van der Waals surface area contributed by atoms with Crippen LogP contribution in [0, 0.1) is 12.7 Å². The molecule has 1 aromatic carbocycles. The molecule has 1 aliphatic heterocycles. The Morgan fingerprint density at radius 1 is 1.44 bits per heavy atom. The van der Waals surface area contributed by atoms with E-state index in [0.717, 1.165) is 13.0 Å². The van der Waals surface area contributed by atoms with Gasteiger partial charge < -0.3 is 10.4 Å². The number of aromatic hydroxyl groups is 1. The number of rotatable bonds is 2. The molecule has 1 aliphatic rings. The van der Waals surface area contributed by atoms with Crippen LogP contribution in [0.5, 0.6) is 5.75 Å². The summed E-state index contributed by atoms with van der Waals surface area (Å²) in [7, 11) is 0. The maximum Gasteiger partial charge on any atom is 0.129 e. The lowest BCUT2D eigenvalue weighted by Crippen LogP contribution is -2.35. The molecule has 3 heteroatoms. The molecule has 0 aliphatic carbocycles. The zero-order valence-electron chi connectivity index (χ0n) is 9.59. The smallest absolute Gasteiger partial charge is 0.129 e. The van der Waals surface area contributed by atoms with Crippen molar-refractivity contribution in [3.8, 4) is 5.75 Å². The summed E-state index contributed by atoms with van der Waals surface area (Å²) in [6.07, 6.45) is 4.17. The van der Waals surface area contributed by atoms with E-state index < -0.39 is 0 Å². The third kappa shape index (κ3) is 2.53. The van der Waals surface area contributed by atoms with Crippen molar-refractivity contribution in [3.05, 3.63) is 29.1 Å². The van der Waals surface area contributed by atoms with Crippen molar-refractivity contribution in [2.75, 3.05) is 6.54 Å². The summed E-state index contributed by atoms with van der Waals surface area (Å²) in [5.74, 6) is -0.0186. The largest absolute Gasteiger partial charge is 0.508 e. The summed E-state index contributed by atoms with van der Waals surface area (Å²) in [4.78, 5) is 0. The number of piperidine rings is 1. The molecule has 0 radical (unpaired) electrons. The van der Waals surface area contributed by atoms with E-state index >= 15 is 0 Å². The van der Waals surface area contributed by atoms with Gasteiger partial charge in [-0.25, -0.2) is 4.39 Å². The predicted octanol–water partition coefficient (Wildman–Crippen LogP) is 2.52. The third-order valence-electron chi connectivity index (χ3n) is 3.19. The molecule has 0 spiro atoms. The molecule has 1 atom stereocenters. The van der Waals surface area contributed by atoms with Crippen LogP contribution in [0.15, 0.2) is 12.1 Å². The first-order valence-corrected chi connectivity index (χ1v) is 5.88. The van der Waals surface area contributed by atoms with Gasteiger partial charge in [0.05, 0.1) is 0 Å². The minimum absolute atomic E-state index is 0.157. The number of benzene rings is 1. The van der Waals surface area contributed by atoms with Crippen LogP contribution < -0.4 is 5.32 Å². The third-order valence-corrected chi connectivity index (χ3v) is 3.19. The van der Waals surface area contributed by atoms with E-state index in [1.54, 1.807) is 13.0 Å². The number of hydrogen-bond acceptors (Lipinski definition) is 2. The molecule has 2 N–H and O–H groups in total. The second-order valence-electron chi connectivity index (χ2n) is 4.59. The minimum atomic E-state index is -0.176. The van der Waals surface area contributed by atoms with Gasteiger partial charge in [-0.1, -0.05) is 6.42 Å². The van der Waals surface area contributed by atoms with Gasteiger partial charge in [0, 0.05) is 6.04 Å². The Labute approximate surface area is 95.5 Å². The molecule has 16 heavy (non-hydrogen) atoms. The van der Waals surface area contributed by atoms with Crippen LogP contribution in [0.3, 0.4) is 0 Å². The lowest BCUT2D eigenvalue weighted by molar-refractivity contribution is 0.393. The van der Waals surface area contributed by atoms with Crippen LogP contribution in [0.1, 0.15) is 30.4 Å². The summed E-state index contributed by atoms with van der Waals surface area (Å²) >= 11 is 0. The number of aryl methyl sites for hydroxylation is 1. The quantitative estimate of drug-likeness (QED) is 0.807. The van der Waals surface area contributed by atoms with Crippen LogP contribution in [-0.4, -0.2) is 17.7 Å². The highest BCUT2D eigenvalue weighted by Crippen LogP contribution is 2.22. The van der Waals surface area contributed by atoms with Crippen molar-refractivity contribution in [1.82, 2.24) is 5.32 Å². The number of hydrogen-bond donors (Lipinski definition) is 2. The van der Waals surface area contributed by atoms with Crippen molar-refractivity contribution >= 4 is 0 Å². The maximum atomic E-state index is 13.8. The molecular weight excluding hydrogens is 205 g/mol. The van der Waals surface area contributed by atoms with Crippen molar-refractivity contribution in [3.63, 3.8) is 0 Å². The first-order valence-electron chi connectivity index (χ1n) is 5.88. The van der Waals surface area contributed by atoms with Crippen LogP contribution in [0.25, 0.3) is 0 Å². The standard InChI is InChI=1S/C13H18FNO/c1-9-6-12(16)8-10(13(9)14)7-11-4-2-3-5-15-11/h6,8,11,15-16H,2-5,7H2,1H3. The molecule has 1 fully saturated rings. The van der Waals surface area contributed by atoms with Crippen LogP contribution in [0.4, 0.5) is 4.39 Å². The van der Waals surface area contributed by atoms with E-state index in [1.165, 1.54) is 18.9 Å². The van der Waals surface area contributed by atoms with Gasteiger partial charge >= 0.3 is 0 Å². The zero-order chi connectivity index (χ0) is 11.5. The van der Waals surface area contributed by atoms with Crippen molar-refractivity contribution in [1.29, 1.82) is 0 Å². The summed E-state index contributed by atoms with van der Waals surface area (Å²) in [6.45, 7) is 2.71. The van der Waals surface area contributed by atoms with E-state index in [0.29, 0.717) is 23.6 Å². The van der Waals surface area contributed by atoms with Gasteiger partial charge in [0.15, 0.2) is 0 Å². The van der Waals surface area contributed by atoms with Crippen LogP contribution >= 0.6 is 0 Å². The second kappa shape index (κ2) is 4.83. The Morgan fingerprint density at radius 3 is 2.94 bits per heavy atom. The SMILES string of the molecule is Cc1cc(O)cc(CC2CCCCN2)c1F. The van der Waals surface area contributed by atoms with Gasteiger partial charge in [-0.3, -0.25) is 0 Å². The van der Waals surface area contributed by atoms with Gasteiger partial charge in [-0.05, 0) is 56.0 Å². The fourth-order valence-corrected chi connectivity index (χ4v) is 2.33. The number of nitrogens with one attached hydrogen (secondary N) is 1. The lowest BCUT2D eigenvalue weighted by Gasteiger charge is -2.23. The highest BCUT2D eigenvalue weighted by atomic mass is 19.1. The lowest BCUT2D eigenvalue weighted by atomic mass is 9.96. The molecular formula is C13H18FNO. The molecule has 1 heterocycles. The van der Waals surface area contributed by atoms with Crippen LogP contribution in [0.2, 0.25) is 0 Å². The fourth-order valence-electron chi connectivity index (χ4n) is 2.33. The Kier molecular flexibility index (Phi) is 3.44. The maximum absolute atomic E-state index is 13.8. The summed E-state index contributed by atoms with van der Waals surface area (Å²) in [5.41, 5.74) is 1.14. The first kappa shape index (κ1) is 11.4. The van der Waals surface area contributed by atoms with Gasteiger partial charge in [0.2, 0.25) is 0 Å². The molecule has 2 rings (SSSR count). The summed E-state index contributed by atoms with van der Waals surface area (Å²) in [6, 6.07) is 3.36. The Bertz CT molecular complexity index is 372. The first-order chi connectivity index (χ1) is 7.66. The van der Waals surface area contributed by atoms with E-state index in [4.69, 9.17) is 0 Å². The molecule has 1 saturated heterocycles. The molecule has 0 amide bonds. The van der Waals surface area contributed by atoms with Crippen molar-refractivity contribution in [2.24, 2.45) is 0 Å². The number of phenols is 1. The summed E-state index contributed by atoms with van der Waals surface area (Å²) < 4.78 is 13.8. The molecule has 0 bridgehead atoms. The van der Waals surface area contributed by atoms with Crippen LogP contribution in [-0.2, 0) is 6.42 Å². The van der Waals surface area contributed by atoms with Gasteiger partial charge in [-0.2, -0.15) is 0 Å². The average Bonchev–Trinajstić information content (AvgIpc) is 2.27. The number of halogens is 1. The Morgan fingerprint density at radius 2 is 2.25 bits per heavy atom. The molecule has 0 aromatic heterocycles. The minimum Gasteiger partial charge on any atom is -0.508 e. The van der Waals surface area contributed by atoms with E-state index in [9.17, 15) is 9.50 Å². The molecule has 2 nitrogen and oxygen atoms in total. The van der Waals surface area contributed by atoms with E-state index in [2.05, 4.69) is 5.32 Å². The number of phenolic OH excluding ortho intramolecular Hbond substituents is 1. The van der Waals surface area contributed by atoms with Gasteiger partial charge in [-0.15, -0.1) is 0 Å². The molecule has 88 valence electrons. The van der Waals surface area contributed by atoms with Gasteiger partial charge in [0.25, 0.3) is 0 Å².